The van der Waals surface area contributed by atoms with Gasteiger partial charge in [0, 0.05) is 38.3 Å². The number of fused-ring (bicyclic) bond motifs is 2. The maximum absolute atomic E-state index is 14.3. The van der Waals surface area contributed by atoms with E-state index in [1.807, 2.05) is 6.92 Å². The first-order valence-corrected chi connectivity index (χ1v) is 14.1. The number of carbonyl (C=O) groups excluding carboxylic acids is 3. The fraction of sp³-hybridized carbons (Fsp3) is 0.517. The first-order valence-electron chi connectivity index (χ1n) is 13.8. The van der Waals surface area contributed by atoms with Crippen LogP contribution >= 0.6 is 11.6 Å². The van der Waals surface area contributed by atoms with Crippen molar-refractivity contribution in [2.24, 2.45) is 5.92 Å². The molecule has 0 unspecified atom stereocenters. The second-order valence-electron chi connectivity index (χ2n) is 11.0. The fourth-order valence-electron chi connectivity index (χ4n) is 6.46. The molecule has 3 amide bonds. The number of rotatable bonds is 6. The van der Waals surface area contributed by atoms with E-state index in [2.05, 4.69) is 10.3 Å². The van der Waals surface area contributed by atoms with E-state index in [-0.39, 0.29) is 34.4 Å². The number of halogens is 4. The number of hydrogen-bond acceptors (Lipinski definition) is 4. The van der Waals surface area contributed by atoms with Crippen molar-refractivity contribution in [3.05, 3.63) is 58.1 Å². The van der Waals surface area contributed by atoms with Gasteiger partial charge in [-0.2, -0.15) is 0 Å². The molecule has 1 N–H and O–H groups in total. The Morgan fingerprint density at radius 2 is 1.85 bits per heavy atom. The minimum Gasteiger partial charge on any atom is -0.349 e. The van der Waals surface area contributed by atoms with Crippen molar-refractivity contribution in [1.82, 2.24) is 15.2 Å². The summed E-state index contributed by atoms with van der Waals surface area (Å²) >= 11 is 5.89. The number of hydrogen-bond donors (Lipinski definition) is 1. The minimum absolute atomic E-state index is 0.0416. The van der Waals surface area contributed by atoms with Crippen LogP contribution in [0.15, 0.2) is 30.5 Å². The molecular formula is C29H32ClF3N4O3. The lowest BCUT2D eigenvalue weighted by Crippen LogP contribution is -2.50. The molecule has 0 bridgehead atoms. The third kappa shape index (κ3) is 5.30. The van der Waals surface area contributed by atoms with Crippen molar-refractivity contribution < 1.29 is 27.6 Å². The number of anilines is 1. The summed E-state index contributed by atoms with van der Waals surface area (Å²) in [5.41, 5.74) is -0.167. The van der Waals surface area contributed by atoms with Gasteiger partial charge in [0.15, 0.2) is 0 Å². The Morgan fingerprint density at radius 3 is 2.50 bits per heavy atom. The number of piperidine rings is 1. The van der Waals surface area contributed by atoms with Gasteiger partial charge in [-0.3, -0.25) is 19.4 Å². The van der Waals surface area contributed by atoms with E-state index < -0.39 is 29.3 Å². The van der Waals surface area contributed by atoms with Gasteiger partial charge in [-0.05, 0) is 68.2 Å². The molecule has 2 fully saturated rings. The van der Waals surface area contributed by atoms with Gasteiger partial charge in [0.2, 0.25) is 11.8 Å². The van der Waals surface area contributed by atoms with E-state index in [0.29, 0.717) is 70.3 Å². The SMILES string of the molecule is CCC(=O)N1CCC2(CC1)C(=O)N(CC1CCC(NC(=O)c3cc(Cl)cnc3C(F)F)CC1)c1cc(F)ccc12. The number of carbonyl (C=O) groups is 3. The molecule has 1 saturated heterocycles. The number of alkyl halides is 2. The summed E-state index contributed by atoms with van der Waals surface area (Å²) in [6, 6.07) is 5.52. The predicted octanol–water partition coefficient (Wildman–Crippen LogP) is 5.42. The Labute approximate surface area is 236 Å². The molecule has 1 spiro atoms. The Hall–Kier alpha value is -3.14. The van der Waals surface area contributed by atoms with Crippen LogP contribution in [-0.2, 0) is 15.0 Å². The Kier molecular flexibility index (Phi) is 8.08. The number of aromatic nitrogens is 1. The molecule has 1 aromatic heterocycles. The van der Waals surface area contributed by atoms with Gasteiger partial charge in [0.25, 0.3) is 12.3 Å². The van der Waals surface area contributed by atoms with Crippen molar-refractivity contribution in [2.75, 3.05) is 24.5 Å². The Bertz CT molecular complexity index is 1310. The van der Waals surface area contributed by atoms with Crippen molar-refractivity contribution in [1.29, 1.82) is 0 Å². The molecule has 0 radical (unpaired) electrons. The second kappa shape index (κ2) is 11.4. The third-order valence-electron chi connectivity index (χ3n) is 8.65. The third-order valence-corrected chi connectivity index (χ3v) is 8.86. The lowest BCUT2D eigenvalue weighted by molar-refractivity contribution is -0.135. The zero-order chi connectivity index (χ0) is 28.6. The highest BCUT2D eigenvalue weighted by molar-refractivity contribution is 6.30. The number of amides is 3. The fourth-order valence-corrected chi connectivity index (χ4v) is 6.62. The Balaban J connectivity index is 1.24. The number of nitrogens with zero attached hydrogens (tertiary/aromatic N) is 3. The molecule has 1 saturated carbocycles. The molecule has 1 aliphatic carbocycles. The second-order valence-corrected chi connectivity index (χ2v) is 11.4. The lowest BCUT2D eigenvalue weighted by atomic mass is 9.73. The molecular weight excluding hydrogens is 545 g/mol. The van der Waals surface area contributed by atoms with E-state index >= 15 is 0 Å². The van der Waals surface area contributed by atoms with E-state index in [9.17, 15) is 27.6 Å². The summed E-state index contributed by atoms with van der Waals surface area (Å²) in [6.07, 6.45) is 2.27. The highest BCUT2D eigenvalue weighted by Gasteiger charge is 2.52. The molecule has 0 atom stereocenters. The van der Waals surface area contributed by atoms with E-state index in [1.54, 1.807) is 15.9 Å². The van der Waals surface area contributed by atoms with Crippen LogP contribution < -0.4 is 10.2 Å². The highest BCUT2D eigenvalue weighted by atomic mass is 35.5. The largest absolute Gasteiger partial charge is 0.349 e. The van der Waals surface area contributed by atoms with Crippen LogP contribution in [0.1, 0.15) is 79.9 Å². The van der Waals surface area contributed by atoms with Gasteiger partial charge in [-0.25, -0.2) is 13.2 Å². The van der Waals surface area contributed by atoms with Crippen molar-refractivity contribution in [3.8, 4) is 0 Å². The van der Waals surface area contributed by atoms with Crippen molar-refractivity contribution in [3.63, 3.8) is 0 Å². The number of pyridine rings is 1. The maximum Gasteiger partial charge on any atom is 0.281 e. The topological polar surface area (TPSA) is 82.6 Å². The van der Waals surface area contributed by atoms with Crippen LogP contribution in [0.25, 0.3) is 0 Å². The summed E-state index contributed by atoms with van der Waals surface area (Å²) < 4.78 is 41.0. The molecule has 2 aromatic rings. The average molecular weight is 577 g/mol. The van der Waals surface area contributed by atoms with Crippen LogP contribution in [0.3, 0.4) is 0 Å². The normalized spacial score (nSPS) is 22.1. The molecule has 214 valence electrons. The van der Waals surface area contributed by atoms with Crippen LogP contribution in [0.2, 0.25) is 5.02 Å². The monoisotopic (exact) mass is 576 g/mol. The van der Waals surface area contributed by atoms with Crippen LogP contribution in [-0.4, -0.2) is 53.3 Å². The zero-order valence-corrected chi connectivity index (χ0v) is 23.0. The summed E-state index contributed by atoms with van der Waals surface area (Å²) in [6.45, 7) is 3.23. The molecule has 3 aliphatic rings. The van der Waals surface area contributed by atoms with Crippen molar-refractivity contribution in [2.45, 2.75) is 69.8 Å². The molecule has 5 rings (SSSR count). The van der Waals surface area contributed by atoms with Gasteiger partial charge < -0.3 is 15.1 Å². The van der Waals surface area contributed by atoms with Gasteiger partial charge >= 0.3 is 0 Å². The standard InChI is InChI=1S/C29H32ClF3N4O3/c1-2-24(38)36-11-9-29(10-12-36)22-8-5-19(31)14-23(22)37(28(29)40)16-17-3-6-20(7-4-17)35-27(39)21-13-18(30)15-34-25(21)26(32)33/h5,8,13-15,17,20,26H,2-4,6-7,9-12,16H2,1H3,(H,35,39). The van der Waals surface area contributed by atoms with E-state index in [4.69, 9.17) is 11.6 Å². The summed E-state index contributed by atoms with van der Waals surface area (Å²) in [5, 5.41) is 2.94. The first-order chi connectivity index (χ1) is 19.1. The summed E-state index contributed by atoms with van der Waals surface area (Å²) in [7, 11) is 0. The maximum atomic E-state index is 14.3. The van der Waals surface area contributed by atoms with Crippen LogP contribution in [0.4, 0.5) is 18.9 Å². The van der Waals surface area contributed by atoms with Crippen LogP contribution in [0, 0.1) is 11.7 Å². The lowest BCUT2D eigenvalue weighted by Gasteiger charge is -2.39. The van der Waals surface area contributed by atoms with Crippen LogP contribution in [0.5, 0.6) is 0 Å². The minimum atomic E-state index is -2.90. The van der Waals surface area contributed by atoms with Crippen molar-refractivity contribution >= 4 is 35.0 Å². The summed E-state index contributed by atoms with van der Waals surface area (Å²) in [4.78, 5) is 46.0. The smallest absolute Gasteiger partial charge is 0.281 e. The van der Waals surface area contributed by atoms with Gasteiger partial charge in [0.05, 0.1) is 21.7 Å². The first kappa shape index (κ1) is 28.4. The highest BCUT2D eigenvalue weighted by Crippen LogP contribution is 2.49. The van der Waals surface area contributed by atoms with Gasteiger partial charge in [0.1, 0.15) is 11.5 Å². The molecule has 1 aromatic carbocycles. The molecule has 40 heavy (non-hydrogen) atoms. The summed E-state index contributed by atoms with van der Waals surface area (Å²) in [5.74, 6) is -0.882. The molecule has 2 aliphatic heterocycles. The molecule has 11 heteroatoms. The van der Waals surface area contributed by atoms with E-state index in [1.165, 1.54) is 18.2 Å². The van der Waals surface area contributed by atoms with Gasteiger partial charge in [-0.15, -0.1) is 0 Å². The predicted molar refractivity (Wildman–Crippen MR) is 144 cm³/mol. The molecule has 3 heterocycles. The Morgan fingerprint density at radius 1 is 1.15 bits per heavy atom. The average Bonchev–Trinajstić information content (AvgIpc) is 3.15. The number of benzene rings is 1. The zero-order valence-electron chi connectivity index (χ0n) is 22.3. The molecule has 7 nitrogen and oxygen atoms in total. The quantitative estimate of drug-likeness (QED) is 0.498. The van der Waals surface area contributed by atoms with E-state index in [0.717, 1.165) is 11.8 Å². The number of likely N-dealkylation sites (tertiary alicyclic amines) is 1. The number of nitrogens with one attached hydrogen (secondary N) is 1. The van der Waals surface area contributed by atoms with Gasteiger partial charge in [-0.1, -0.05) is 24.6 Å².